The van der Waals surface area contributed by atoms with E-state index >= 15 is 0 Å². The molecule has 0 saturated heterocycles. The van der Waals surface area contributed by atoms with Gasteiger partial charge in [0.25, 0.3) is 5.96 Å². The first-order valence-electron chi connectivity index (χ1n) is 9.08. The Labute approximate surface area is 147 Å². The molecule has 5 nitrogen and oxygen atoms in total. The van der Waals surface area contributed by atoms with Crippen molar-refractivity contribution in [3.05, 3.63) is 24.3 Å². The number of hydrogen-bond acceptors (Lipinski definition) is 3. The van der Waals surface area contributed by atoms with E-state index in [9.17, 15) is 0 Å². The molecule has 0 spiro atoms. The van der Waals surface area contributed by atoms with Crippen LogP contribution >= 0.6 is 0 Å². The van der Waals surface area contributed by atoms with Gasteiger partial charge in [-0.1, -0.05) is 0 Å². The number of phenols is 2. The molecule has 0 aromatic heterocycles. The Morgan fingerprint density at radius 3 is 1.46 bits per heavy atom. The summed E-state index contributed by atoms with van der Waals surface area (Å²) >= 11 is 0. The molecule has 0 amide bonds. The van der Waals surface area contributed by atoms with Gasteiger partial charge in [0.15, 0.2) is 0 Å². The predicted molar refractivity (Wildman–Crippen MR) is 103 cm³/mol. The van der Waals surface area contributed by atoms with E-state index in [1.807, 2.05) is 0 Å². The van der Waals surface area contributed by atoms with Crippen LogP contribution in [0.25, 0.3) is 0 Å². The van der Waals surface area contributed by atoms with Crippen molar-refractivity contribution in [1.29, 1.82) is 0 Å². The zero-order chi connectivity index (χ0) is 18.6. The second-order valence-corrected chi connectivity index (χ2v) is 5.56. The zero-order valence-corrected chi connectivity index (χ0v) is 16.3. The molecule has 1 aromatic carbocycles. The van der Waals surface area contributed by atoms with E-state index in [2.05, 4.69) is 46.4 Å². The van der Waals surface area contributed by atoms with Gasteiger partial charge in [-0.25, -0.2) is 4.99 Å². The molecule has 0 aliphatic carbocycles. The van der Waals surface area contributed by atoms with Gasteiger partial charge in [-0.3, -0.25) is 4.48 Å². The number of quaternary nitrogens is 1. The number of benzene rings is 1. The lowest BCUT2D eigenvalue weighted by molar-refractivity contribution is -0.841. The number of phenolic OH excluding ortho intramolecular Hbond substituents is 2. The molecule has 0 unspecified atom stereocenters. The van der Waals surface area contributed by atoms with Crippen LogP contribution in [0.4, 0.5) is 0 Å². The Kier molecular flexibility index (Phi) is 10.9. The van der Waals surface area contributed by atoms with Crippen molar-refractivity contribution < 1.29 is 14.7 Å². The largest absolute Gasteiger partial charge is 0.508 e. The number of aliphatic imine (C=N–C) groups is 1. The smallest absolute Gasteiger partial charge is 0.300 e. The number of guanidine groups is 1. The van der Waals surface area contributed by atoms with Gasteiger partial charge >= 0.3 is 0 Å². The molecule has 0 aliphatic heterocycles. The Balaban J connectivity index is 0.000000546. The van der Waals surface area contributed by atoms with E-state index in [1.165, 1.54) is 30.2 Å². The average molecular weight is 339 g/mol. The molecule has 24 heavy (non-hydrogen) atoms. The summed E-state index contributed by atoms with van der Waals surface area (Å²) < 4.78 is 1.01. The molecule has 2 N–H and O–H groups in total. The summed E-state index contributed by atoms with van der Waals surface area (Å²) in [6.07, 6.45) is 0. The highest BCUT2D eigenvalue weighted by atomic mass is 16.3. The molecule has 5 heteroatoms. The van der Waals surface area contributed by atoms with Crippen LogP contribution in [-0.4, -0.2) is 64.8 Å². The van der Waals surface area contributed by atoms with Crippen molar-refractivity contribution in [1.82, 2.24) is 4.90 Å². The summed E-state index contributed by atoms with van der Waals surface area (Å²) in [5.74, 6) is 1.62. The highest BCUT2D eigenvalue weighted by Gasteiger charge is 2.32. The minimum atomic E-state index is 0.169. The number of nitrogens with zero attached hydrogens (tertiary/aromatic N) is 3. The fourth-order valence-electron chi connectivity index (χ4n) is 2.75. The van der Waals surface area contributed by atoms with Crippen molar-refractivity contribution >= 4 is 5.96 Å². The maximum atomic E-state index is 8.65. The third-order valence-electron chi connectivity index (χ3n) is 4.44. The van der Waals surface area contributed by atoms with Crippen LogP contribution in [0.15, 0.2) is 29.3 Å². The van der Waals surface area contributed by atoms with E-state index in [0.717, 1.165) is 43.8 Å². The molecule has 0 bridgehead atoms. The molecule has 1 aromatic rings. The monoisotopic (exact) mass is 338 g/mol. The summed E-state index contributed by atoms with van der Waals surface area (Å²) in [6.45, 7) is 19.7. The highest BCUT2D eigenvalue weighted by Crippen LogP contribution is 2.13. The van der Waals surface area contributed by atoms with Gasteiger partial charge in [-0.15, -0.1) is 0 Å². The Morgan fingerprint density at radius 1 is 0.833 bits per heavy atom. The Morgan fingerprint density at radius 2 is 1.21 bits per heavy atom. The van der Waals surface area contributed by atoms with Gasteiger partial charge in [0, 0.05) is 19.6 Å². The van der Waals surface area contributed by atoms with E-state index in [4.69, 9.17) is 15.2 Å². The van der Waals surface area contributed by atoms with Crippen LogP contribution in [0.5, 0.6) is 11.5 Å². The molecule has 1 rings (SSSR count). The minimum absolute atomic E-state index is 0.169. The molecule has 0 heterocycles. The maximum absolute atomic E-state index is 8.65. The Bertz CT molecular complexity index is 435. The first-order chi connectivity index (χ1) is 11.4. The van der Waals surface area contributed by atoms with Crippen LogP contribution in [0, 0.1) is 0 Å². The quantitative estimate of drug-likeness (QED) is 0.360. The van der Waals surface area contributed by atoms with Crippen LogP contribution in [0.3, 0.4) is 0 Å². The van der Waals surface area contributed by atoms with Crippen molar-refractivity contribution in [2.75, 3.05) is 39.3 Å². The second-order valence-electron chi connectivity index (χ2n) is 5.56. The third-order valence-corrected chi connectivity index (χ3v) is 4.44. The molecule has 0 radical (unpaired) electrons. The topological polar surface area (TPSA) is 56.1 Å². The maximum Gasteiger partial charge on any atom is 0.300 e. The number of hydrogen-bond donors (Lipinski definition) is 2. The van der Waals surface area contributed by atoms with Gasteiger partial charge in [-0.05, 0) is 65.8 Å². The summed E-state index contributed by atoms with van der Waals surface area (Å²) in [6, 6.07) is 5.70. The van der Waals surface area contributed by atoms with Crippen molar-refractivity contribution in [3.63, 3.8) is 0 Å². The van der Waals surface area contributed by atoms with Crippen LogP contribution in [-0.2, 0) is 0 Å². The normalized spacial score (nSPS) is 11.7. The van der Waals surface area contributed by atoms with E-state index in [-0.39, 0.29) is 11.5 Å². The van der Waals surface area contributed by atoms with Crippen LogP contribution in [0.1, 0.15) is 41.5 Å². The Hall–Kier alpha value is -1.75. The van der Waals surface area contributed by atoms with Crippen molar-refractivity contribution in [2.45, 2.75) is 41.5 Å². The third kappa shape index (κ3) is 6.40. The fourth-order valence-corrected chi connectivity index (χ4v) is 2.75. The lowest BCUT2D eigenvalue weighted by Crippen LogP contribution is -2.59. The lowest BCUT2D eigenvalue weighted by atomic mass is 10.3. The van der Waals surface area contributed by atoms with E-state index < -0.39 is 0 Å². The standard InChI is InChI=1S/C13H30N3.C6H6O2/c1-7-14-13(15(8-2)9-3)16(10-4,11-5)12-6;7-5-1-2-6(8)4-3-5/h7-12H2,1-6H3;1-4,7-8H/q+1;. The van der Waals surface area contributed by atoms with Crippen LogP contribution in [0.2, 0.25) is 0 Å². The van der Waals surface area contributed by atoms with Gasteiger partial charge < -0.3 is 15.1 Å². The van der Waals surface area contributed by atoms with E-state index in [1.54, 1.807) is 0 Å². The minimum Gasteiger partial charge on any atom is -0.508 e. The van der Waals surface area contributed by atoms with Gasteiger partial charge in [0.05, 0.1) is 19.6 Å². The predicted octanol–water partition coefficient (Wildman–Crippen LogP) is 3.68. The van der Waals surface area contributed by atoms with Gasteiger partial charge in [0.1, 0.15) is 11.5 Å². The molecule has 0 atom stereocenters. The molecule has 138 valence electrons. The molecular formula is C19H36N3O2+. The van der Waals surface area contributed by atoms with E-state index in [0.29, 0.717) is 0 Å². The summed E-state index contributed by atoms with van der Waals surface area (Å²) in [5.41, 5.74) is 0. The van der Waals surface area contributed by atoms with Crippen molar-refractivity contribution in [3.8, 4) is 11.5 Å². The summed E-state index contributed by atoms with van der Waals surface area (Å²) in [7, 11) is 0. The van der Waals surface area contributed by atoms with Gasteiger partial charge in [0.2, 0.25) is 0 Å². The van der Waals surface area contributed by atoms with Crippen molar-refractivity contribution in [2.24, 2.45) is 4.99 Å². The second kappa shape index (κ2) is 11.7. The fraction of sp³-hybridized carbons (Fsp3) is 0.632. The molecular weight excluding hydrogens is 302 g/mol. The summed E-state index contributed by atoms with van der Waals surface area (Å²) in [5, 5.41) is 17.3. The molecule has 0 fully saturated rings. The van der Waals surface area contributed by atoms with Crippen LogP contribution < -0.4 is 0 Å². The zero-order valence-electron chi connectivity index (χ0n) is 16.3. The molecule has 0 aliphatic rings. The number of aromatic hydroxyl groups is 2. The highest BCUT2D eigenvalue weighted by molar-refractivity contribution is 5.73. The number of rotatable bonds is 6. The average Bonchev–Trinajstić information content (AvgIpc) is 2.61. The molecule has 0 saturated carbocycles. The summed E-state index contributed by atoms with van der Waals surface area (Å²) in [4.78, 5) is 7.17. The first-order valence-corrected chi connectivity index (χ1v) is 9.08. The lowest BCUT2D eigenvalue weighted by Gasteiger charge is -2.39. The van der Waals surface area contributed by atoms with Gasteiger partial charge in [-0.2, -0.15) is 0 Å². The SMILES string of the molecule is CCN=C(N(CC)CC)[N+](CC)(CC)CC.Oc1ccc(O)cc1. The first kappa shape index (κ1) is 22.2.